The van der Waals surface area contributed by atoms with Crippen molar-refractivity contribution in [2.45, 2.75) is 127 Å². The fourth-order valence-corrected chi connectivity index (χ4v) is 22.5. The lowest BCUT2D eigenvalue weighted by Gasteiger charge is -2.50. The Morgan fingerprint density at radius 2 is 0.845 bits per heavy atom. The van der Waals surface area contributed by atoms with Gasteiger partial charge in [0.05, 0.1) is 13.7 Å². The van der Waals surface area contributed by atoms with Gasteiger partial charge in [-0.05, 0) is 87.6 Å². The second-order valence-electron chi connectivity index (χ2n) is 22.8. The molecular formula is C57H62F10N2OSi. The fraction of sp³-hybridized carbons (Fsp3) is 0.509. The molecule has 2 saturated heterocycles. The first-order valence-corrected chi connectivity index (χ1v) is 28.2. The maximum Gasteiger partial charge on any atom is 0.200 e. The van der Waals surface area contributed by atoms with Crippen molar-refractivity contribution in [1.82, 2.24) is 9.80 Å². The Morgan fingerprint density at radius 3 is 1.24 bits per heavy atom. The van der Waals surface area contributed by atoms with Crippen LogP contribution in [0.25, 0.3) is 0 Å². The van der Waals surface area contributed by atoms with Gasteiger partial charge in [-0.1, -0.05) is 128 Å². The number of allylic oxidation sites excluding steroid dienone is 10. The molecule has 4 fully saturated rings. The van der Waals surface area contributed by atoms with Crippen LogP contribution in [0.1, 0.15) is 71.4 Å². The Kier molecular flexibility index (Phi) is 13.4. The van der Waals surface area contributed by atoms with E-state index in [-0.39, 0.29) is 76.1 Å². The van der Waals surface area contributed by atoms with E-state index in [1.807, 2.05) is 80.9 Å². The molecule has 6 aliphatic carbocycles. The van der Waals surface area contributed by atoms with Crippen molar-refractivity contribution < 1.29 is 48.6 Å². The zero-order valence-electron chi connectivity index (χ0n) is 40.9. The number of hydrogen-bond donors (Lipinski definition) is 0. The van der Waals surface area contributed by atoms with Crippen molar-refractivity contribution >= 4 is 8.07 Å². The standard InChI is InChI=1S/C57H62F10N2OSi/c1-29-19-21-39-35(25-29)41-53(68(39)27-37-43(58)47(62)51(66)48(63)44(37)59)31-15-9-11-17-33(31)55(41)71(6,24-14-8-7-13-23-70-57(3,4)5)56-34-18-12-10-16-32(34)54-42(56)36-26-30(2)20-22-40(36)69(54)28-38-45(60)49(64)52(67)50(65)46(38)61/h9-12,15-22,25-26,31-36,39-42,53-56H,7-8,13-14,23-24,27-28H2,1-6H3. The summed E-state index contributed by atoms with van der Waals surface area (Å²) >= 11 is 0. The van der Waals surface area contributed by atoms with Gasteiger partial charge >= 0.3 is 0 Å². The van der Waals surface area contributed by atoms with Gasteiger partial charge in [0.1, 0.15) is 0 Å². The van der Waals surface area contributed by atoms with E-state index in [0.29, 0.717) is 6.61 Å². The molecule has 2 saturated carbocycles. The van der Waals surface area contributed by atoms with Crippen LogP contribution in [0.3, 0.4) is 0 Å². The predicted molar refractivity (Wildman–Crippen MR) is 257 cm³/mol. The predicted octanol–water partition coefficient (Wildman–Crippen LogP) is 14.3. The normalized spacial score (nSPS) is 34.3. The molecule has 2 aliphatic heterocycles. The molecule has 3 nitrogen and oxygen atoms in total. The maximum absolute atomic E-state index is 15.8. The summed E-state index contributed by atoms with van der Waals surface area (Å²) in [6, 6.07) is -0.606. The van der Waals surface area contributed by atoms with Gasteiger partial charge in [0.2, 0.25) is 11.6 Å². The molecule has 0 radical (unpaired) electrons. The third kappa shape index (κ3) is 8.27. The summed E-state index contributed by atoms with van der Waals surface area (Å²) in [6.45, 7) is 12.3. The molecule has 71 heavy (non-hydrogen) atoms. The van der Waals surface area contributed by atoms with Crippen LogP contribution in [0.5, 0.6) is 0 Å². The number of unbranched alkanes of at least 4 members (excludes halogenated alkanes) is 3. The largest absolute Gasteiger partial charge is 0.376 e. The Labute approximate surface area is 411 Å². The van der Waals surface area contributed by atoms with Gasteiger partial charge in [-0.3, -0.25) is 9.80 Å². The zero-order valence-corrected chi connectivity index (χ0v) is 41.9. The maximum atomic E-state index is 15.8. The molecule has 0 aromatic heterocycles. The second kappa shape index (κ2) is 18.9. The van der Waals surface area contributed by atoms with Gasteiger partial charge in [0.15, 0.2) is 46.5 Å². The first-order valence-electron chi connectivity index (χ1n) is 25.3. The first-order chi connectivity index (χ1) is 33.7. The quantitative estimate of drug-likeness (QED) is 0.0654. The molecule has 0 spiro atoms. The second-order valence-corrected chi connectivity index (χ2v) is 27.6. The van der Waals surface area contributed by atoms with Crippen LogP contribution in [0.2, 0.25) is 23.7 Å². The van der Waals surface area contributed by atoms with Crippen molar-refractivity contribution in [2.75, 3.05) is 6.61 Å². The van der Waals surface area contributed by atoms with Crippen LogP contribution in [-0.4, -0.2) is 54.2 Å². The molecule has 380 valence electrons. The van der Waals surface area contributed by atoms with Crippen molar-refractivity contribution in [3.05, 3.63) is 166 Å². The van der Waals surface area contributed by atoms with Gasteiger partial charge in [-0.2, -0.15) is 0 Å². The Hall–Kier alpha value is -4.24. The summed E-state index contributed by atoms with van der Waals surface area (Å²) in [7, 11) is -2.90. The van der Waals surface area contributed by atoms with E-state index < -0.39 is 103 Å². The summed E-state index contributed by atoms with van der Waals surface area (Å²) in [5, 5.41) is 0. The van der Waals surface area contributed by atoms with E-state index >= 15 is 17.6 Å². The fourth-order valence-electron chi connectivity index (χ4n) is 15.4. The summed E-state index contributed by atoms with van der Waals surface area (Å²) in [4.78, 5) is 3.99. The van der Waals surface area contributed by atoms with Crippen molar-refractivity contribution in [3.63, 3.8) is 0 Å². The highest BCUT2D eigenvalue weighted by molar-refractivity contribution is 6.82. The zero-order chi connectivity index (χ0) is 50.6. The van der Waals surface area contributed by atoms with Gasteiger partial charge in [0.25, 0.3) is 0 Å². The number of halogens is 10. The minimum absolute atomic E-state index is 0.0305. The van der Waals surface area contributed by atoms with Crippen molar-refractivity contribution in [2.24, 2.45) is 47.3 Å². The number of benzene rings is 2. The molecule has 2 aromatic rings. The van der Waals surface area contributed by atoms with Crippen molar-refractivity contribution in [1.29, 1.82) is 0 Å². The van der Waals surface area contributed by atoms with E-state index in [1.165, 1.54) is 0 Å². The SMILES string of the molecule is CC1=CC2C3C(C4C=CC=CC4C3[Si](C)(CCCCCCOC(C)(C)C)C3C4C=CC=CC4C4C3C3C=C(C)C=CC3N4Cc3c(F)c(F)c(F)c(F)c3F)N(Cc3c(F)c(F)c(F)c(F)c3F)C2C=C1. The van der Waals surface area contributed by atoms with Crippen LogP contribution >= 0.6 is 0 Å². The first kappa shape index (κ1) is 50.3. The third-order valence-corrected chi connectivity index (χ3v) is 23.9. The number of ether oxygens (including phenoxy) is 1. The lowest BCUT2D eigenvalue weighted by Crippen LogP contribution is -2.51. The van der Waals surface area contributed by atoms with E-state index in [9.17, 15) is 26.3 Å². The molecule has 8 aliphatic rings. The van der Waals surface area contributed by atoms with Gasteiger partial charge in [-0.15, -0.1) is 0 Å². The number of rotatable bonds is 13. The van der Waals surface area contributed by atoms with Crippen molar-refractivity contribution in [3.8, 4) is 0 Å². The number of likely N-dealkylation sites (tertiary alicyclic amines) is 2. The molecule has 10 rings (SSSR count). The summed E-state index contributed by atoms with van der Waals surface area (Å²) in [5.74, 6) is -20.6. The van der Waals surface area contributed by atoms with Gasteiger partial charge in [0, 0.05) is 66.8 Å². The van der Waals surface area contributed by atoms with Crippen LogP contribution in [0.4, 0.5) is 43.9 Å². The summed E-state index contributed by atoms with van der Waals surface area (Å²) in [5.41, 5.74) is 0.112. The van der Waals surface area contributed by atoms with Gasteiger partial charge < -0.3 is 4.74 Å². The lowest BCUT2D eigenvalue weighted by atomic mass is 9.82. The molecule has 0 N–H and O–H groups in total. The molecule has 14 atom stereocenters. The Bertz CT molecular complexity index is 2490. The smallest absolute Gasteiger partial charge is 0.200 e. The highest BCUT2D eigenvalue weighted by atomic mass is 28.3. The third-order valence-electron chi connectivity index (χ3n) is 17.9. The summed E-state index contributed by atoms with van der Waals surface area (Å²) < 4.78 is 158. The van der Waals surface area contributed by atoms with Crippen LogP contribution in [0.15, 0.2) is 96.2 Å². The highest BCUT2D eigenvalue weighted by Crippen LogP contribution is 2.71. The highest BCUT2D eigenvalue weighted by Gasteiger charge is 2.71. The van der Waals surface area contributed by atoms with Gasteiger partial charge in [-0.25, -0.2) is 43.9 Å². The van der Waals surface area contributed by atoms with E-state index in [1.54, 1.807) is 0 Å². The molecule has 2 heterocycles. The molecule has 14 unspecified atom stereocenters. The lowest BCUT2D eigenvalue weighted by molar-refractivity contribution is -0.00472. The Morgan fingerprint density at radius 1 is 0.479 bits per heavy atom. The minimum atomic E-state index is -2.90. The van der Waals surface area contributed by atoms with E-state index in [4.69, 9.17) is 4.74 Å². The van der Waals surface area contributed by atoms with Crippen LogP contribution < -0.4 is 0 Å². The molecule has 0 amide bonds. The number of nitrogens with zero attached hydrogens (tertiary/aromatic N) is 2. The monoisotopic (exact) mass is 1010 g/mol. The Balaban J connectivity index is 1.11. The summed E-state index contributed by atoms with van der Waals surface area (Å²) in [6.07, 6.45) is 33.1. The average Bonchev–Trinajstić information content (AvgIpc) is 4.06. The molecular weight excluding hydrogens is 947 g/mol. The number of fused-ring (bicyclic) bond motifs is 10. The van der Waals surface area contributed by atoms with Crippen LogP contribution in [-0.2, 0) is 17.8 Å². The molecule has 2 aromatic carbocycles. The van der Waals surface area contributed by atoms with E-state index in [2.05, 4.69) is 55.2 Å². The van der Waals surface area contributed by atoms with Crippen LogP contribution in [0, 0.1) is 106 Å². The number of hydrogen-bond acceptors (Lipinski definition) is 3. The van der Waals surface area contributed by atoms with E-state index in [0.717, 1.165) is 42.9 Å². The topological polar surface area (TPSA) is 15.7 Å². The minimum Gasteiger partial charge on any atom is -0.376 e. The molecule has 0 bridgehead atoms. The molecule has 14 heteroatoms. The average molecular weight is 1010 g/mol.